The van der Waals surface area contributed by atoms with Crippen molar-refractivity contribution in [3.8, 4) is 0 Å². The quantitative estimate of drug-likeness (QED) is 0.774. The smallest absolute Gasteiger partial charge is 0.253 e. The van der Waals surface area contributed by atoms with Crippen molar-refractivity contribution in [1.82, 2.24) is 9.62 Å². The Bertz CT molecular complexity index is 1000. The number of rotatable bonds is 4. The van der Waals surface area contributed by atoms with Crippen LogP contribution >= 0.6 is 23.2 Å². The average Bonchev–Trinajstić information content (AvgIpc) is 2.66. The molecular formula is C20H22Cl2N2O3S. The third-order valence-corrected chi connectivity index (χ3v) is 7.54. The second-order valence-corrected chi connectivity index (χ2v) is 9.80. The van der Waals surface area contributed by atoms with Gasteiger partial charge in [-0.05, 0) is 68.1 Å². The molecular weight excluding hydrogens is 419 g/mol. The molecule has 0 spiro atoms. The number of hydrogen-bond donors (Lipinski definition) is 1. The highest BCUT2D eigenvalue weighted by Crippen LogP contribution is 2.24. The molecule has 0 aromatic heterocycles. The van der Waals surface area contributed by atoms with Gasteiger partial charge in [-0.1, -0.05) is 29.3 Å². The summed E-state index contributed by atoms with van der Waals surface area (Å²) in [4.78, 5) is 12.8. The third kappa shape index (κ3) is 4.51. The minimum absolute atomic E-state index is 0.117. The Labute approximate surface area is 175 Å². The van der Waals surface area contributed by atoms with E-state index in [2.05, 4.69) is 5.32 Å². The Morgan fingerprint density at radius 2 is 1.71 bits per heavy atom. The van der Waals surface area contributed by atoms with Crippen LogP contribution in [0.1, 0.15) is 34.3 Å². The summed E-state index contributed by atoms with van der Waals surface area (Å²) in [7, 11) is -3.54. The van der Waals surface area contributed by atoms with Crippen LogP contribution in [-0.2, 0) is 10.0 Å². The monoisotopic (exact) mass is 440 g/mol. The fourth-order valence-electron chi connectivity index (χ4n) is 3.20. The van der Waals surface area contributed by atoms with Crippen LogP contribution < -0.4 is 5.32 Å². The molecule has 0 atom stereocenters. The summed E-state index contributed by atoms with van der Waals surface area (Å²) in [5, 5.41) is 3.69. The molecule has 1 N–H and O–H groups in total. The number of carbonyl (C=O) groups is 1. The molecule has 150 valence electrons. The lowest BCUT2D eigenvalue weighted by atomic mass is 10.1. The number of halogens is 2. The van der Waals surface area contributed by atoms with E-state index >= 15 is 0 Å². The van der Waals surface area contributed by atoms with Crippen molar-refractivity contribution in [2.45, 2.75) is 37.6 Å². The lowest BCUT2D eigenvalue weighted by Gasteiger charge is -2.31. The summed E-state index contributed by atoms with van der Waals surface area (Å²) < 4.78 is 27.3. The Balaban J connectivity index is 1.64. The highest BCUT2D eigenvalue weighted by Gasteiger charge is 2.30. The molecule has 8 heteroatoms. The maximum Gasteiger partial charge on any atom is 0.253 e. The van der Waals surface area contributed by atoms with Crippen molar-refractivity contribution >= 4 is 39.1 Å². The first-order valence-corrected chi connectivity index (χ1v) is 11.2. The Hall–Kier alpha value is -1.60. The van der Waals surface area contributed by atoms with Gasteiger partial charge in [0.2, 0.25) is 10.0 Å². The molecule has 0 radical (unpaired) electrons. The molecule has 2 aromatic carbocycles. The molecule has 1 heterocycles. The molecule has 1 amide bonds. The van der Waals surface area contributed by atoms with Gasteiger partial charge in [-0.15, -0.1) is 0 Å². The van der Waals surface area contributed by atoms with Crippen LogP contribution in [-0.4, -0.2) is 37.8 Å². The standard InChI is InChI=1S/C20H22Cl2N2O3S/c1-13-3-5-17(11-14(13)2)28(26,27)24-9-7-16(8-10-24)23-20(25)18-12-15(21)4-6-19(18)22/h3-6,11-12,16H,7-10H2,1-2H3,(H,23,25). The predicted octanol–water partition coefficient (Wildman–Crippen LogP) is 4.19. The molecule has 1 saturated heterocycles. The maximum absolute atomic E-state index is 12.9. The molecule has 28 heavy (non-hydrogen) atoms. The molecule has 0 aliphatic carbocycles. The van der Waals surface area contributed by atoms with Crippen LogP contribution in [0, 0.1) is 13.8 Å². The molecule has 1 aliphatic rings. The fourth-order valence-corrected chi connectivity index (χ4v) is 5.13. The van der Waals surface area contributed by atoms with Crippen molar-refractivity contribution in [3.05, 3.63) is 63.1 Å². The van der Waals surface area contributed by atoms with Gasteiger partial charge in [-0.3, -0.25) is 4.79 Å². The average molecular weight is 441 g/mol. The van der Waals surface area contributed by atoms with Gasteiger partial charge in [-0.25, -0.2) is 8.42 Å². The van der Waals surface area contributed by atoms with Gasteiger partial charge in [0.05, 0.1) is 15.5 Å². The second-order valence-electron chi connectivity index (χ2n) is 7.02. The molecule has 3 rings (SSSR count). The minimum atomic E-state index is -3.54. The molecule has 0 saturated carbocycles. The van der Waals surface area contributed by atoms with Gasteiger partial charge in [0.25, 0.3) is 5.91 Å². The predicted molar refractivity (Wildman–Crippen MR) is 112 cm³/mol. The van der Waals surface area contributed by atoms with Crippen molar-refractivity contribution in [2.24, 2.45) is 0 Å². The molecule has 1 fully saturated rings. The summed E-state index contributed by atoms with van der Waals surface area (Å²) in [6.07, 6.45) is 1.07. The fraction of sp³-hybridized carbons (Fsp3) is 0.350. The number of nitrogens with one attached hydrogen (secondary N) is 1. The Morgan fingerprint density at radius 3 is 2.36 bits per heavy atom. The molecule has 0 unspecified atom stereocenters. The van der Waals surface area contributed by atoms with Crippen LogP contribution in [0.4, 0.5) is 0 Å². The Morgan fingerprint density at radius 1 is 1.04 bits per heavy atom. The number of carbonyl (C=O) groups excluding carboxylic acids is 1. The van der Waals surface area contributed by atoms with E-state index in [1.165, 1.54) is 10.4 Å². The van der Waals surface area contributed by atoms with Gasteiger partial charge < -0.3 is 5.32 Å². The van der Waals surface area contributed by atoms with Crippen LogP contribution in [0.25, 0.3) is 0 Å². The maximum atomic E-state index is 12.9. The number of hydrogen-bond acceptors (Lipinski definition) is 3. The van der Waals surface area contributed by atoms with E-state index < -0.39 is 10.0 Å². The number of piperidine rings is 1. The first kappa shape index (κ1) is 21.1. The molecule has 0 bridgehead atoms. The van der Waals surface area contributed by atoms with Crippen LogP contribution in [0.5, 0.6) is 0 Å². The van der Waals surface area contributed by atoms with Crippen molar-refractivity contribution < 1.29 is 13.2 Å². The van der Waals surface area contributed by atoms with Gasteiger partial charge in [0.15, 0.2) is 0 Å². The highest BCUT2D eigenvalue weighted by atomic mass is 35.5. The zero-order valence-electron chi connectivity index (χ0n) is 15.7. The number of sulfonamides is 1. The zero-order valence-corrected chi connectivity index (χ0v) is 18.0. The van der Waals surface area contributed by atoms with Crippen molar-refractivity contribution in [1.29, 1.82) is 0 Å². The third-order valence-electron chi connectivity index (χ3n) is 5.08. The minimum Gasteiger partial charge on any atom is -0.349 e. The number of aryl methyl sites for hydroxylation is 2. The SMILES string of the molecule is Cc1ccc(S(=O)(=O)N2CCC(NC(=O)c3cc(Cl)ccc3Cl)CC2)cc1C. The van der Waals surface area contributed by atoms with Crippen LogP contribution in [0.3, 0.4) is 0 Å². The first-order chi connectivity index (χ1) is 13.2. The van der Waals surface area contributed by atoms with E-state index in [9.17, 15) is 13.2 Å². The lowest BCUT2D eigenvalue weighted by molar-refractivity contribution is 0.0924. The lowest BCUT2D eigenvalue weighted by Crippen LogP contribution is -2.46. The highest BCUT2D eigenvalue weighted by molar-refractivity contribution is 7.89. The van der Waals surface area contributed by atoms with Crippen LogP contribution in [0.2, 0.25) is 10.0 Å². The number of benzene rings is 2. The topological polar surface area (TPSA) is 66.5 Å². The second kappa shape index (κ2) is 8.41. The van der Waals surface area contributed by atoms with Gasteiger partial charge in [-0.2, -0.15) is 4.31 Å². The van der Waals surface area contributed by atoms with Gasteiger partial charge in [0, 0.05) is 24.2 Å². The van der Waals surface area contributed by atoms with E-state index in [0.29, 0.717) is 46.4 Å². The van der Waals surface area contributed by atoms with E-state index in [0.717, 1.165) is 11.1 Å². The van der Waals surface area contributed by atoms with Crippen molar-refractivity contribution in [2.75, 3.05) is 13.1 Å². The van der Waals surface area contributed by atoms with E-state index in [1.807, 2.05) is 19.9 Å². The van der Waals surface area contributed by atoms with Crippen LogP contribution in [0.15, 0.2) is 41.3 Å². The van der Waals surface area contributed by atoms with Crippen molar-refractivity contribution in [3.63, 3.8) is 0 Å². The number of amides is 1. The summed E-state index contributed by atoms with van der Waals surface area (Å²) in [5.74, 6) is -0.303. The van der Waals surface area contributed by atoms with Gasteiger partial charge >= 0.3 is 0 Å². The van der Waals surface area contributed by atoms with E-state index in [1.54, 1.807) is 24.3 Å². The summed E-state index contributed by atoms with van der Waals surface area (Å²) in [5.41, 5.74) is 2.32. The largest absolute Gasteiger partial charge is 0.349 e. The summed E-state index contributed by atoms with van der Waals surface area (Å²) in [6, 6.07) is 9.79. The number of nitrogens with zero attached hydrogens (tertiary/aromatic N) is 1. The molecule has 5 nitrogen and oxygen atoms in total. The van der Waals surface area contributed by atoms with Gasteiger partial charge in [0.1, 0.15) is 0 Å². The normalized spacial score (nSPS) is 16.1. The molecule has 1 aliphatic heterocycles. The molecule has 2 aromatic rings. The van der Waals surface area contributed by atoms with E-state index in [-0.39, 0.29) is 11.9 Å². The zero-order chi connectivity index (χ0) is 20.5. The Kier molecular flexibility index (Phi) is 6.34. The van der Waals surface area contributed by atoms with E-state index in [4.69, 9.17) is 23.2 Å². The first-order valence-electron chi connectivity index (χ1n) is 9.02. The summed E-state index contributed by atoms with van der Waals surface area (Å²) >= 11 is 12.0. The summed E-state index contributed by atoms with van der Waals surface area (Å²) in [6.45, 7) is 4.55.